The lowest BCUT2D eigenvalue weighted by atomic mass is 9.76. The number of fused-ring (bicyclic) bond motifs is 1. The summed E-state index contributed by atoms with van der Waals surface area (Å²) in [6, 6.07) is 9.28. The van der Waals surface area contributed by atoms with Crippen molar-refractivity contribution in [3.05, 3.63) is 47.8 Å². The van der Waals surface area contributed by atoms with Crippen molar-refractivity contribution < 1.29 is 19.1 Å². The van der Waals surface area contributed by atoms with E-state index in [-0.39, 0.29) is 0 Å². The lowest BCUT2D eigenvalue weighted by Crippen LogP contribution is -2.59. The van der Waals surface area contributed by atoms with Gasteiger partial charge in [-0.15, -0.1) is 0 Å². The molecule has 5 heteroatoms. The average Bonchev–Trinajstić information content (AvgIpc) is 2.43. The van der Waals surface area contributed by atoms with E-state index in [1.165, 1.54) is 12.1 Å². The molecule has 2 aromatic rings. The van der Waals surface area contributed by atoms with Crippen molar-refractivity contribution in [2.75, 3.05) is 0 Å². The fraction of sp³-hybridized carbons (Fsp3) is 0.250. The van der Waals surface area contributed by atoms with Crippen LogP contribution in [0.2, 0.25) is 0 Å². The Morgan fingerprint density at radius 1 is 1.10 bits per heavy atom. The zero-order chi connectivity index (χ0) is 15.0. The van der Waals surface area contributed by atoms with Crippen molar-refractivity contribution >= 4 is 22.6 Å². The third kappa shape index (κ3) is 2.14. The zero-order valence-electron chi connectivity index (χ0n) is 11.2. The van der Waals surface area contributed by atoms with Crippen LogP contribution in [0.4, 0.5) is 4.39 Å². The molecule has 2 aromatic carbocycles. The van der Waals surface area contributed by atoms with E-state index in [0.29, 0.717) is 29.2 Å². The molecule has 0 heterocycles. The molecule has 0 saturated heterocycles. The molecule has 3 rings (SSSR count). The van der Waals surface area contributed by atoms with E-state index in [9.17, 15) is 19.1 Å². The minimum atomic E-state index is -1.17. The van der Waals surface area contributed by atoms with E-state index >= 15 is 0 Å². The first kappa shape index (κ1) is 13.5. The van der Waals surface area contributed by atoms with Gasteiger partial charge in [0.2, 0.25) is 0 Å². The molecular weight excluding hydrogens is 273 g/mol. The number of carboxylic acid groups (broad SMARTS) is 1. The first-order chi connectivity index (χ1) is 10.0. The number of hydrogen-bond acceptors (Lipinski definition) is 2. The van der Waals surface area contributed by atoms with Crippen LogP contribution in [-0.4, -0.2) is 22.5 Å². The normalized spacial score (nSPS) is 16.2. The van der Waals surface area contributed by atoms with E-state index in [4.69, 9.17) is 0 Å². The van der Waals surface area contributed by atoms with Gasteiger partial charge in [-0.3, -0.25) is 4.79 Å². The van der Waals surface area contributed by atoms with Gasteiger partial charge in [-0.2, -0.15) is 0 Å². The van der Waals surface area contributed by atoms with Crippen LogP contribution >= 0.6 is 0 Å². The Labute approximate surface area is 120 Å². The number of carboxylic acids is 1. The SMILES string of the molecule is O=C(NC1(C(=O)O)CCC1)c1ccc(F)c2ccccc12. The van der Waals surface area contributed by atoms with E-state index in [0.717, 1.165) is 6.42 Å². The van der Waals surface area contributed by atoms with Crippen LogP contribution in [0.5, 0.6) is 0 Å². The fourth-order valence-electron chi connectivity index (χ4n) is 2.67. The molecule has 2 N–H and O–H groups in total. The van der Waals surface area contributed by atoms with Crippen LogP contribution in [-0.2, 0) is 4.79 Å². The van der Waals surface area contributed by atoms with Crippen molar-refractivity contribution in [2.24, 2.45) is 0 Å². The molecule has 21 heavy (non-hydrogen) atoms. The molecule has 0 radical (unpaired) electrons. The highest BCUT2D eigenvalue weighted by molar-refractivity contribution is 6.08. The molecule has 0 spiro atoms. The highest BCUT2D eigenvalue weighted by Crippen LogP contribution is 2.33. The Balaban J connectivity index is 1.99. The van der Waals surface area contributed by atoms with Crippen LogP contribution in [0.3, 0.4) is 0 Å². The van der Waals surface area contributed by atoms with Gasteiger partial charge < -0.3 is 10.4 Å². The van der Waals surface area contributed by atoms with Gasteiger partial charge in [0.05, 0.1) is 0 Å². The Morgan fingerprint density at radius 3 is 2.33 bits per heavy atom. The van der Waals surface area contributed by atoms with Gasteiger partial charge >= 0.3 is 5.97 Å². The maximum absolute atomic E-state index is 13.7. The van der Waals surface area contributed by atoms with Gasteiger partial charge in [-0.25, -0.2) is 9.18 Å². The van der Waals surface area contributed by atoms with Crippen molar-refractivity contribution in [3.8, 4) is 0 Å². The number of carbonyl (C=O) groups excluding carboxylic acids is 1. The molecular formula is C16H14FNO3. The van der Waals surface area contributed by atoms with Gasteiger partial charge in [0.15, 0.2) is 0 Å². The second-order valence-corrected chi connectivity index (χ2v) is 5.34. The predicted octanol–water partition coefficient (Wildman–Crippen LogP) is 2.72. The maximum Gasteiger partial charge on any atom is 0.329 e. The van der Waals surface area contributed by atoms with Gasteiger partial charge in [0.1, 0.15) is 11.4 Å². The van der Waals surface area contributed by atoms with Crippen molar-refractivity contribution in [1.82, 2.24) is 5.32 Å². The summed E-state index contributed by atoms with van der Waals surface area (Å²) < 4.78 is 13.7. The Bertz CT molecular complexity index is 737. The molecule has 108 valence electrons. The summed E-state index contributed by atoms with van der Waals surface area (Å²) in [5, 5.41) is 12.7. The summed E-state index contributed by atoms with van der Waals surface area (Å²) in [5.41, 5.74) is -0.883. The van der Waals surface area contributed by atoms with Gasteiger partial charge in [0, 0.05) is 10.9 Å². The molecule has 1 saturated carbocycles. The third-order valence-corrected chi connectivity index (χ3v) is 4.08. The molecule has 0 atom stereocenters. The first-order valence-corrected chi connectivity index (χ1v) is 6.77. The predicted molar refractivity (Wildman–Crippen MR) is 75.6 cm³/mol. The number of benzene rings is 2. The average molecular weight is 287 g/mol. The Hall–Kier alpha value is -2.43. The lowest BCUT2D eigenvalue weighted by Gasteiger charge is -2.38. The largest absolute Gasteiger partial charge is 0.480 e. The Morgan fingerprint density at radius 2 is 1.76 bits per heavy atom. The van der Waals surface area contributed by atoms with E-state index in [1.807, 2.05) is 0 Å². The van der Waals surface area contributed by atoms with Gasteiger partial charge in [0.25, 0.3) is 5.91 Å². The van der Waals surface area contributed by atoms with Crippen molar-refractivity contribution in [3.63, 3.8) is 0 Å². The smallest absolute Gasteiger partial charge is 0.329 e. The minimum Gasteiger partial charge on any atom is -0.480 e. The van der Waals surface area contributed by atoms with Crippen LogP contribution < -0.4 is 5.32 Å². The molecule has 0 aliphatic heterocycles. The van der Waals surface area contributed by atoms with Crippen LogP contribution in [0, 0.1) is 5.82 Å². The lowest BCUT2D eigenvalue weighted by molar-refractivity contribution is -0.148. The second-order valence-electron chi connectivity index (χ2n) is 5.34. The monoisotopic (exact) mass is 287 g/mol. The van der Waals surface area contributed by atoms with Crippen LogP contribution in [0.15, 0.2) is 36.4 Å². The van der Waals surface area contributed by atoms with Gasteiger partial charge in [-0.05, 0) is 36.8 Å². The number of carbonyl (C=O) groups is 2. The number of rotatable bonds is 3. The Kier molecular flexibility index (Phi) is 3.12. The highest BCUT2D eigenvalue weighted by Gasteiger charge is 2.45. The number of nitrogens with one attached hydrogen (secondary N) is 1. The molecule has 0 bridgehead atoms. The van der Waals surface area contributed by atoms with Crippen molar-refractivity contribution in [1.29, 1.82) is 0 Å². The standard InChI is InChI=1S/C16H14FNO3/c17-13-7-6-12(10-4-1-2-5-11(10)13)14(19)18-16(15(20)21)8-3-9-16/h1-2,4-7H,3,8-9H2,(H,18,19)(H,20,21). The summed E-state index contributed by atoms with van der Waals surface area (Å²) in [6.45, 7) is 0. The molecule has 1 aliphatic carbocycles. The topological polar surface area (TPSA) is 66.4 Å². The quantitative estimate of drug-likeness (QED) is 0.912. The molecule has 0 unspecified atom stereocenters. The molecule has 1 fully saturated rings. The summed E-state index contributed by atoms with van der Waals surface area (Å²) in [6.07, 6.45) is 1.62. The number of aliphatic carboxylic acids is 1. The summed E-state index contributed by atoms with van der Waals surface area (Å²) in [4.78, 5) is 23.7. The number of hydrogen-bond donors (Lipinski definition) is 2. The number of amides is 1. The molecule has 1 amide bonds. The van der Waals surface area contributed by atoms with E-state index in [1.54, 1.807) is 24.3 Å². The molecule has 1 aliphatic rings. The van der Waals surface area contributed by atoms with Crippen molar-refractivity contribution in [2.45, 2.75) is 24.8 Å². The number of halogens is 1. The zero-order valence-corrected chi connectivity index (χ0v) is 11.2. The summed E-state index contributed by atoms with van der Waals surface area (Å²) >= 11 is 0. The van der Waals surface area contributed by atoms with E-state index in [2.05, 4.69) is 5.32 Å². The summed E-state index contributed by atoms with van der Waals surface area (Å²) in [7, 11) is 0. The molecule has 4 nitrogen and oxygen atoms in total. The second kappa shape index (κ2) is 4.84. The van der Waals surface area contributed by atoms with Crippen LogP contribution in [0.1, 0.15) is 29.6 Å². The van der Waals surface area contributed by atoms with Gasteiger partial charge in [-0.1, -0.05) is 24.3 Å². The third-order valence-electron chi connectivity index (χ3n) is 4.08. The highest BCUT2D eigenvalue weighted by atomic mass is 19.1. The van der Waals surface area contributed by atoms with E-state index < -0.39 is 23.2 Å². The van der Waals surface area contributed by atoms with Crippen LogP contribution in [0.25, 0.3) is 10.8 Å². The molecule has 0 aromatic heterocycles. The summed E-state index contributed by atoms with van der Waals surface area (Å²) in [5.74, 6) is -1.90. The fourth-order valence-corrected chi connectivity index (χ4v) is 2.67. The minimum absolute atomic E-state index is 0.291. The first-order valence-electron chi connectivity index (χ1n) is 6.77. The maximum atomic E-state index is 13.7.